The molecule has 1 unspecified atom stereocenters. The lowest BCUT2D eigenvalue weighted by atomic mass is 10.1. The van der Waals surface area contributed by atoms with E-state index in [2.05, 4.69) is 9.97 Å². The van der Waals surface area contributed by atoms with Crippen LogP contribution in [0.3, 0.4) is 0 Å². The second-order valence-corrected chi connectivity index (χ2v) is 5.78. The first-order valence-electron chi connectivity index (χ1n) is 7.19. The maximum Gasteiger partial charge on any atom is 0.354 e. The van der Waals surface area contributed by atoms with Crippen LogP contribution in [0.5, 0.6) is 0 Å². The summed E-state index contributed by atoms with van der Waals surface area (Å²) in [6, 6.07) is -0.627. The standard InChI is InChI=1S/C14H20N4O4/c1-8(2)6-17-4-5-18(9(3)12(17)19)13(20)10-11(14(21)22)16-7-15-10/h7-9H,4-6H2,1-3H3,(H,15,16)(H,21,22). The number of carbonyl (C=O) groups is 3. The smallest absolute Gasteiger partial charge is 0.354 e. The van der Waals surface area contributed by atoms with Gasteiger partial charge in [0.2, 0.25) is 5.91 Å². The first-order chi connectivity index (χ1) is 10.3. The zero-order valence-corrected chi connectivity index (χ0v) is 12.9. The summed E-state index contributed by atoms with van der Waals surface area (Å²) in [5.41, 5.74) is -0.418. The zero-order chi connectivity index (χ0) is 16.4. The minimum absolute atomic E-state index is 0.124. The maximum atomic E-state index is 12.5. The highest BCUT2D eigenvalue weighted by Crippen LogP contribution is 2.17. The number of hydrogen-bond donors (Lipinski definition) is 2. The number of imidazole rings is 1. The molecular formula is C14H20N4O4. The molecule has 1 aliphatic rings. The van der Waals surface area contributed by atoms with Crippen molar-refractivity contribution < 1.29 is 19.5 Å². The molecule has 0 spiro atoms. The fourth-order valence-electron chi connectivity index (χ4n) is 2.58. The van der Waals surface area contributed by atoms with Crippen molar-refractivity contribution in [3.63, 3.8) is 0 Å². The second-order valence-electron chi connectivity index (χ2n) is 5.78. The minimum atomic E-state index is -1.25. The number of aromatic carboxylic acids is 1. The van der Waals surface area contributed by atoms with Gasteiger partial charge < -0.3 is 19.9 Å². The first kappa shape index (κ1) is 16.0. The largest absolute Gasteiger partial charge is 0.477 e. The molecule has 22 heavy (non-hydrogen) atoms. The van der Waals surface area contributed by atoms with Crippen molar-refractivity contribution in [3.05, 3.63) is 17.7 Å². The Balaban J connectivity index is 2.17. The van der Waals surface area contributed by atoms with Gasteiger partial charge in [-0.15, -0.1) is 0 Å². The molecule has 0 bridgehead atoms. The Morgan fingerprint density at radius 2 is 2.14 bits per heavy atom. The maximum absolute atomic E-state index is 12.5. The molecule has 1 atom stereocenters. The molecule has 1 aliphatic heterocycles. The molecule has 2 N–H and O–H groups in total. The summed E-state index contributed by atoms with van der Waals surface area (Å²) in [6.45, 7) is 7.16. The van der Waals surface area contributed by atoms with Crippen molar-refractivity contribution in [2.24, 2.45) is 5.92 Å². The number of carboxylic acids is 1. The van der Waals surface area contributed by atoms with Gasteiger partial charge >= 0.3 is 5.97 Å². The molecule has 2 heterocycles. The summed E-state index contributed by atoms with van der Waals surface area (Å²) in [5, 5.41) is 9.04. The van der Waals surface area contributed by atoms with Crippen LogP contribution in [-0.4, -0.2) is 68.3 Å². The van der Waals surface area contributed by atoms with Crippen LogP contribution in [0.2, 0.25) is 0 Å². The Hall–Kier alpha value is -2.38. The number of amides is 2. The van der Waals surface area contributed by atoms with Gasteiger partial charge in [0.05, 0.1) is 6.33 Å². The number of H-pyrrole nitrogens is 1. The van der Waals surface area contributed by atoms with Crippen molar-refractivity contribution in [2.45, 2.75) is 26.8 Å². The number of aromatic amines is 1. The molecule has 0 aromatic carbocycles. The second kappa shape index (κ2) is 6.17. The van der Waals surface area contributed by atoms with Gasteiger partial charge in [-0.1, -0.05) is 13.8 Å². The van der Waals surface area contributed by atoms with Gasteiger partial charge in [-0.2, -0.15) is 0 Å². The van der Waals surface area contributed by atoms with E-state index < -0.39 is 17.9 Å². The van der Waals surface area contributed by atoms with Gasteiger partial charge in [0.15, 0.2) is 11.4 Å². The molecule has 1 aromatic rings. The number of carbonyl (C=O) groups excluding carboxylic acids is 2. The highest BCUT2D eigenvalue weighted by atomic mass is 16.4. The molecule has 0 saturated carbocycles. The molecule has 1 fully saturated rings. The minimum Gasteiger partial charge on any atom is -0.477 e. The topological polar surface area (TPSA) is 107 Å². The van der Waals surface area contributed by atoms with Crippen LogP contribution in [0.4, 0.5) is 0 Å². The van der Waals surface area contributed by atoms with Gasteiger partial charge in [-0.05, 0) is 12.8 Å². The third-order valence-electron chi connectivity index (χ3n) is 3.65. The summed E-state index contributed by atoms with van der Waals surface area (Å²) in [5.74, 6) is -1.56. The Morgan fingerprint density at radius 3 is 2.73 bits per heavy atom. The normalized spacial score (nSPS) is 18.9. The number of aromatic nitrogens is 2. The molecule has 1 aromatic heterocycles. The summed E-state index contributed by atoms with van der Waals surface area (Å²) >= 11 is 0. The Bertz CT molecular complexity index is 595. The lowest BCUT2D eigenvalue weighted by molar-refractivity contribution is -0.140. The summed E-state index contributed by atoms with van der Waals surface area (Å²) in [7, 11) is 0. The summed E-state index contributed by atoms with van der Waals surface area (Å²) < 4.78 is 0. The van der Waals surface area contributed by atoms with Crippen molar-refractivity contribution in [2.75, 3.05) is 19.6 Å². The van der Waals surface area contributed by atoms with E-state index in [0.29, 0.717) is 25.6 Å². The van der Waals surface area contributed by atoms with E-state index in [9.17, 15) is 14.4 Å². The molecule has 120 valence electrons. The fourth-order valence-corrected chi connectivity index (χ4v) is 2.58. The molecular weight excluding hydrogens is 288 g/mol. The van der Waals surface area contributed by atoms with Crippen LogP contribution in [0.25, 0.3) is 0 Å². The lowest BCUT2D eigenvalue weighted by Crippen LogP contribution is -2.58. The number of nitrogens with zero attached hydrogens (tertiary/aromatic N) is 3. The first-order valence-corrected chi connectivity index (χ1v) is 7.19. The zero-order valence-electron chi connectivity index (χ0n) is 12.9. The van der Waals surface area contributed by atoms with Gasteiger partial charge in [0.25, 0.3) is 5.91 Å². The van der Waals surface area contributed by atoms with Crippen LogP contribution in [0.1, 0.15) is 41.7 Å². The van der Waals surface area contributed by atoms with E-state index in [1.54, 1.807) is 11.8 Å². The third-order valence-corrected chi connectivity index (χ3v) is 3.65. The van der Waals surface area contributed by atoms with Gasteiger partial charge in [-0.3, -0.25) is 9.59 Å². The fraction of sp³-hybridized carbons (Fsp3) is 0.571. The molecule has 8 nitrogen and oxygen atoms in total. The van der Waals surface area contributed by atoms with Crippen LogP contribution in [0, 0.1) is 5.92 Å². The van der Waals surface area contributed by atoms with Gasteiger partial charge in [0.1, 0.15) is 6.04 Å². The lowest BCUT2D eigenvalue weighted by Gasteiger charge is -2.39. The summed E-state index contributed by atoms with van der Waals surface area (Å²) in [4.78, 5) is 45.2. The molecule has 0 radical (unpaired) electrons. The van der Waals surface area contributed by atoms with E-state index in [1.807, 2.05) is 13.8 Å². The highest BCUT2D eigenvalue weighted by Gasteiger charge is 2.36. The average molecular weight is 308 g/mol. The van der Waals surface area contributed by atoms with Gasteiger partial charge in [-0.25, -0.2) is 9.78 Å². The van der Waals surface area contributed by atoms with Crippen molar-refractivity contribution in [1.82, 2.24) is 19.8 Å². The van der Waals surface area contributed by atoms with Crippen LogP contribution >= 0.6 is 0 Å². The van der Waals surface area contributed by atoms with Crippen LogP contribution in [0.15, 0.2) is 6.33 Å². The molecule has 2 amide bonds. The summed E-state index contributed by atoms with van der Waals surface area (Å²) in [6.07, 6.45) is 1.16. The average Bonchev–Trinajstić information content (AvgIpc) is 2.92. The molecule has 0 aliphatic carbocycles. The Labute approximate surface area is 128 Å². The van der Waals surface area contributed by atoms with E-state index >= 15 is 0 Å². The quantitative estimate of drug-likeness (QED) is 0.839. The molecule has 1 saturated heterocycles. The van der Waals surface area contributed by atoms with Crippen LogP contribution in [-0.2, 0) is 4.79 Å². The SMILES string of the molecule is CC(C)CN1CCN(C(=O)c2nc[nH]c2C(=O)O)C(C)C1=O. The van der Waals surface area contributed by atoms with E-state index in [-0.39, 0.29) is 17.3 Å². The monoisotopic (exact) mass is 308 g/mol. The van der Waals surface area contributed by atoms with Gasteiger partial charge in [0, 0.05) is 19.6 Å². The Kier molecular flexibility index (Phi) is 4.48. The van der Waals surface area contributed by atoms with Crippen molar-refractivity contribution in [1.29, 1.82) is 0 Å². The Morgan fingerprint density at radius 1 is 1.45 bits per heavy atom. The number of nitrogens with one attached hydrogen (secondary N) is 1. The molecule has 8 heteroatoms. The third kappa shape index (κ3) is 2.95. The number of carboxylic acid groups (broad SMARTS) is 1. The number of rotatable bonds is 4. The molecule has 2 rings (SSSR count). The highest BCUT2D eigenvalue weighted by molar-refractivity contribution is 6.03. The van der Waals surface area contributed by atoms with Crippen molar-refractivity contribution in [3.8, 4) is 0 Å². The number of piperazine rings is 1. The number of hydrogen-bond acceptors (Lipinski definition) is 4. The van der Waals surface area contributed by atoms with E-state index in [4.69, 9.17) is 5.11 Å². The predicted octanol–water partition coefficient (Wildman–Crippen LogP) is 0.437. The van der Waals surface area contributed by atoms with Crippen LogP contribution < -0.4 is 0 Å². The van der Waals surface area contributed by atoms with E-state index in [0.717, 1.165) is 6.33 Å². The predicted molar refractivity (Wildman–Crippen MR) is 77.5 cm³/mol. The van der Waals surface area contributed by atoms with E-state index in [1.165, 1.54) is 4.90 Å². The van der Waals surface area contributed by atoms with Crippen molar-refractivity contribution >= 4 is 17.8 Å².